The largest absolute Gasteiger partial charge is 0.342 e. The van der Waals surface area contributed by atoms with Crippen molar-refractivity contribution in [3.05, 3.63) is 34.3 Å². The molecule has 4 nitrogen and oxygen atoms in total. The standard InChI is InChI=1S/C15H19BrN2O2/c1-3-10(2)14-15(20)18(9-13(19)17-14)8-11-4-6-12(16)7-5-11/h4-7,10,14H,3,8-9H2,1-2H3,(H,17,19). The molecule has 1 fully saturated rings. The van der Waals surface area contributed by atoms with Crippen molar-refractivity contribution in [1.82, 2.24) is 10.2 Å². The number of carbonyl (C=O) groups is 2. The Morgan fingerprint density at radius 1 is 1.35 bits per heavy atom. The third-order valence-corrected chi connectivity index (χ3v) is 4.26. The van der Waals surface area contributed by atoms with Crippen LogP contribution in [0.15, 0.2) is 28.7 Å². The fourth-order valence-corrected chi connectivity index (χ4v) is 2.56. The SMILES string of the molecule is CCC(C)C1NC(=O)CN(Cc2ccc(Br)cc2)C1=O. The smallest absolute Gasteiger partial charge is 0.246 e. The lowest BCUT2D eigenvalue weighted by Gasteiger charge is -2.35. The van der Waals surface area contributed by atoms with Crippen molar-refractivity contribution in [2.24, 2.45) is 5.92 Å². The van der Waals surface area contributed by atoms with E-state index in [0.29, 0.717) is 6.54 Å². The van der Waals surface area contributed by atoms with E-state index in [9.17, 15) is 9.59 Å². The Balaban J connectivity index is 2.11. The molecule has 1 aliphatic heterocycles. The minimum Gasteiger partial charge on any atom is -0.342 e. The van der Waals surface area contributed by atoms with Gasteiger partial charge in [-0.1, -0.05) is 48.3 Å². The Hall–Kier alpha value is -1.36. The number of hydrogen-bond acceptors (Lipinski definition) is 2. The van der Waals surface area contributed by atoms with Gasteiger partial charge in [-0.25, -0.2) is 0 Å². The fourth-order valence-electron chi connectivity index (χ4n) is 2.29. The van der Waals surface area contributed by atoms with Gasteiger partial charge in [0.25, 0.3) is 0 Å². The molecule has 0 spiro atoms. The number of hydrogen-bond donors (Lipinski definition) is 1. The predicted molar refractivity (Wildman–Crippen MR) is 80.9 cm³/mol. The van der Waals surface area contributed by atoms with E-state index in [4.69, 9.17) is 0 Å². The zero-order valence-electron chi connectivity index (χ0n) is 11.7. The van der Waals surface area contributed by atoms with Crippen molar-refractivity contribution in [3.8, 4) is 0 Å². The van der Waals surface area contributed by atoms with Gasteiger partial charge in [0.15, 0.2) is 0 Å². The van der Waals surface area contributed by atoms with E-state index in [2.05, 4.69) is 21.2 Å². The Bertz CT molecular complexity index is 501. The van der Waals surface area contributed by atoms with Crippen LogP contribution in [-0.2, 0) is 16.1 Å². The maximum Gasteiger partial charge on any atom is 0.246 e. The fraction of sp³-hybridized carbons (Fsp3) is 0.467. The summed E-state index contributed by atoms with van der Waals surface area (Å²) in [7, 11) is 0. The van der Waals surface area contributed by atoms with Gasteiger partial charge in [-0.05, 0) is 23.6 Å². The quantitative estimate of drug-likeness (QED) is 0.915. The first-order valence-electron chi connectivity index (χ1n) is 6.84. The van der Waals surface area contributed by atoms with E-state index in [0.717, 1.165) is 16.5 Å². The van der Waals surface area contributed by atoms with Crippen molar-refractivity contribution in [2.75, 3.05) is 6.54 Å². The zero-order valence-corrected chi connectivity index (χ0v) is 13.3. The summed E-state index contributed by atoms with van der Waals surface area (Å²) in [6, 6.07) is 7.41. The van der Waals surface area contributed by atoms with Crippen LogP contribution in [0.4, 0.5) is 0 Å². The maximum absolute atomic E-state index is 12.4. The molecule has 2 rings (SSSR count). The van der Waals surface area contributed by atoms with Gasteiger partial charge >= 0.3 is 0 Å². The Labute approximate surface area is 127 Å². The molecule has 1 aromatic carbocycles. The van der Waals surface area contributed by atoms with E-state index >= 15 is 0 Å². The maximum atomic E-state index is 12.4. The molecule has 2 atom stereocenters. The zero-order chi connectivity index (χ0) is 14.7. The molecule has 108 valence electrons. The van der Waals surface area contributed by atoms with E-state index < -0.39 is 6.04 Å². The normalized spacial score (nSPS) is 20.8. The number of piperazine rings is 1. The summed E-state index contributed by atoms with van der Waals surface area (Å²) in [4.78, 5) is 25.9. The lowest BCUT2D eigenvalue weighted by molar-refractivity contribution is -0.146. The second-order valence-corrected chi connectivity index (χ2v) is 6.17. The van der Waals surface area contributed by atoms with Crippen LogP contribution in [0.1, 0.15) is 25.8 Å². The third kappa shape index (κ3) is 3.39. The van der Waals surface area contributed by atoms with Gasteiger partial charge in [-0.2, -0.15) is 0 Å². The molecule has 0 saturated carbocycles. The first-order valence-corrected chi connectivity index (χ1v) is 7.63. The molecular weight excluding hydrogens is 320 g/mol. The molecule has 1 aliphatic rings. The molecule has 0 aromatic heterocycles. The van der Waals surface area contributed by atoms with Crippen LogP contribution in [0.5, 0.6) is 0 Å². The molecule has 0 radical (unpaired) electrons. The number of benzene rings is 1. The molecular formula is C15H19BrN2O2. The van der Waals surface area contributed by atoms with Crippen molar-refractivity contribution in [2.45, 2.75) is 32.9 Å². The van der Waals surface area contributed by atoms with Crippen LogP contribution in [-0.4, -0.2) is 29.3 Å². The van der Waals surface area contributed by atoms with Crippen molar-refractivity contribution in [3.63, 3.8) is 0 Å². The van der Waals surface area contributed by atoms with Crippen molar-refractivity contribution in [1.29, 1.82) is 0 Å². The third-order valence-electron chi connectivity index (χ3n) is 3.73. The number of amides is 2. The molecule has 0 bridgehead atoms. The number of carbonyl (C=O) groups excluding carboxylic acids is 2. The molecule has 1 aromatic rings. The minimum atomic E-state index is -0.392. The van der Waals surface area contributed by atoms with Crippen LogP contribution in [0.3, 0.4) is 0 Å². The molecule has 2 unspecified atom stereocenters. The number of nitrogens with one attached hydrogen (secondary N) is 1. The lowest BCUT2D eigenvalue weighted by atomic mass is 9.96. The van der Waals surface area contributed by atoms with E-state index in [1.807, 2.05) is 38.1 Å². The first-order chi connectivity index (χ1) is 9.51. The second kappa shape index (κ2) is 6.39. The van der Waals surface area contributed by atoms with Crippen LogP contribution in [0.2, 0.25) is 0 Å². The molecule has 1 saturated heterocycles. The Morgan fingerprint density at radius 3 is 2.60 bits per heavy atom. The molecule has 1 heterocycles. The highest BCUT2D eigenvalue weighted by Gasteiger charge is 2.35. The highest BCUT2D eigenvalue weighted by molar-refractivity contribution is 9.10. The first kappa shape index (κ1) is 15.0. The lowest BCUT2D eigenvalue weighted by Crippen LogP contribution is -2.59. The van der Waals surface area contributed by atoms with E-state index in [1.165, 1.54) is 0 Å². The molecule has 20 heavy (non-hydrogen) atoms. The van der Waals surface area contributed by atoms with Gasteiger partial charge in [0, 0.05) is 11.0 Å². The van der Waals surface area contributed by atoms with Gasteiger partial charge in [-0.15, -0.1) is 0 Å². The highest BCUT2D eigenvalue weighted by Crippen LogP contribution is 2.17. The molecule has 1 N–H and O–H groups in total. The van der Waals surface area contributed by atoms with Crippen molar-refractivity contribution < 1.29 is 9.59 Å². The summed E-state index contributed by atoms with van der Waals surface area (Å²) in [6.07, 6.45) is 0.864. The number of halogens is 1. The summed E-state index contributed by atoms with van der Waals surface area (Å²) in [6.45, 7) is 4.64. The molecule has 5 heteroatoms. The van der Waals surface area contributed by atoms with Crippen molar-refractivity contribution >= 4 is 27.7 Å². The second-order valence-electron chi connectivity index (χ2n) is 5.25. The Kier molecular flexibility index (Phi) is 4.81. The average Bonchev–Trinajstić information content (AvgIpc) is 2.44. The summed E-state index contributed by atoms with van der Waals surface area (Å²) >= 11 is 3.39. The molecule has 2 amide bonds. The minimum absolute atomic E-state index is 0.0156. The van der Waals surface area contributed by atoms with Crippen LogP contribution < -0.4 is 5.32 Å². The monoisotopic (exact) mass is 338 g/mol. The van der Waals surface area contributed by atoms with Crippen LogP contribution in [0, 0.1) is 5.92 Å². The summed E-state index contributed by atoms with van der Waals surface area (Å²) < 4.78 is 1.00. The Morgan fingerprint density at radius 2 is 2.00 bits per heavy atom. The van der Waals surface area contributed by atoms with Gasteiger partial charge in [0.2, 0.25) is 11.8 Å². The van der Waals surface area contributed by atoms with Gasteiger partial charge in [0.05, 0.1) is 6.54 Å². The molecule has 0 aliphatic carbocycles. The number of nitrogens with zero attached hydrogens (tertiary/aromatic N) is 1. The van der Waals surface area contributed by atoms with Gasteiger partial charge in [0.1, 0.15) is 6.04 Å². The van der Waals surface area contributed by atoms with Crippen LogP contribution >= 0.6 is 15.9 Å². The van der Waals surface area contributed by atoms with Crippen LogP contribution in [0.25, 0.3) is 0 Å². The van der Waals surface area contributed by atoms with Gasteiger partial charge in [-0.3, -0.25) is 9.59 Å². The van der Waals surface area contributed by atoms with E-state index in [1.54, 1.807) is 4.90 Å². The highest BCUT2D eigenvalue weighted by atomic mass is 79.9. The van der Waals surface area contributed by atoms with Gasteiger partial charge < -0.3 is 10.2 Å². The summed E-state index contributed by atoms with van der Waals surface area (Å²) in [5, 5.41) is 2.80. The topological polar surface area (TPSA) is 49.4 Å². The summed E-state index contributed by atoms with van der Waals surface area (Å²) in [5.74, 6) is 0.0908. The average molecular weight is 339 g/mol. The summed E-state index contributed by atoms with van der Waals surface area (Å²) in [5.41, 5.74) is 1.03. The predicted octanol–water partition coefficient (Wildman–Crippen LogP) is 2.32. The number of rotatable bonds is 4. The van der Waals surface area contributed by atoms with E-state index in [-0.39, 0.29) is 24.3 Å².